The topological polar surface area (TPSA) is 69.6 Å². The average Bonchev–Trinajstić information content (AvgIpc) is 2.60. The van der Waals surface area contributed by atoms with Crippen molar-refractivity contribution in [2.45, 2.75) is 32.3 Å². The average molecular weight is 236 g/mol. The van der Waals surface area contributed by atoms with Gasteiger partial charge in [0.1, 0.15) is 0 Å². The van der Waals surface area contributed by atoms with Crippen LogP contribution in [0, 0.1) is 5.92 Å². The van der Waals surface area contributed by atoms with E-state index in [1.165, 1.54) is 11.4 Å². The van der Waals surface area contributed by atoms with Crippen LogP contribution < -0.4 is 4.72 Å². The van der Waals surface area contributed by atoms with E-state index in [-0.39, 0.29) is 12.0 Å². The Morgan fingerprint density at radius 2 is 2.13 bits per heavy atom. The van der Waals surface area contributed by atoms with Gasteiger partial charge in [-0.05, 0) is 18.8 Å². The van der Waals surface area contributed by atoms with Gasteiger partial charge in [-0.3, -0.25) is 0 Å². The van der Waals surface area contributed by atoms with Crippen molar-refractivity contribution < 1.29 is 13.5 Å². The molecule has 1 aliphatic rings. The Bertz CT molecular complexity index is 292. The highest BCUT2D eigenvalue weighted by atomic mass is 32.2. The summed E-state index contributed by atoms with van der Waals surface area (Å²) in [7, 11) is -1.81. The standard InChI is InChI=1S/C9H20N2O3S/c1-3-11(2)15(13,14)10-7-8-5-4-6-9(8)12/h8-10,12H,3-7H2,1-2H3. The predicted octanol–water partition coefficient (Wildman–Crippen LogP) is -0.0665. The summed E-state index contributed by atoms with van der Waals surface area (Å²) < 4.78 is 26.9. The highest BCUT2D eigenvalue weighted by Crippen LogP contribution is 2.24. The Morgan fingerprint density at radius 1 is 1.47 bits per heavy atom. The van der Waals surface area contributed by atoms with Crippen LogP contribution in [-0.2, 0) is 10.2 Å². The number of hydrogen-bond acceptors (Lipinski definition) is 3. The summed E-state index contributed by atoms with van der Waals surface area (Å²) in [5.41, 5.74) is 0. The quantitative estimate of drug-likeness (QED) is 0.702. The van der Waals surface area contributed by atoms with Gasteiger partial charge in [-0.2, -0.15) is 12.7 Å². The van der Waals surface area contributed by atoms with Crippen molar-refractivity contribution in [2.24, 2.45) is 5.92 Å². The molecule has 2 unspecified atom stereocenters. The molecule has 1 fully saturated rings. The first-order valence-corrected chi connectivity index (χ1v) is 6.80. The molecule has 0 spiro atoms. The van der Waals surface area contributed by atoms with Crippen LogP contribution in [0.2, 0.25) is 0 Å². The third kappa shape index (κ3) is 3.41. The summed E-state index contributed by atoms with van der Waals surface area (Å²) >= 11 is 0. The van der Waals surface area contributed by atoms with E-state index in [9.17, 15) is 13.5 Å². The highest BCUT2D eigenvalue weighted by molar-refractivity contribution is 7.87. The van der Waals surface area contributed by atoms with E-state index in [4.69, 9.17) is 0 Å². The molecule has 0 radical (unpaired) electrons. The van der Waals surface area contributed by atoms with Gasteiger partial charge in [-0.25, -0.2) is 4.72 Å². The lowest BCUT2D eigenvalue weighted by Gasteiger charge is -2.19. The smallest absolute Gasteiger partial charge is 0.279 e. The fourth-order valence-corrected chi connectivity index (χ4v) is 2.73. The number of nitrogens with zero attached hydrogens (tertiary/aromatic N) is 1. The van der Waals surface area contributed by atoms with Crippen LogP contribution >= 0.6 is 0 Å². The second-order valence-corrected chi connectivity index (χ2v) is 5.89. The third-order valence-electron chi connectivity index (χ3n) is 3.00. The summed E-state index contributed by atoms with van der Waals surface area (Å²) in [4.78, 5) is 0. The monoisotopic (exact) mass is 236 g/mol. The van der Waals surface area contributed by atoms with Gasteiger partial charge in [-0.1, -0.05) is 13.3 Å². The van der Waals surface area contributed by atoms with E-state index in [0.29, 0.717) is 13.1 Å². The van der Waals surface area contributed by atoms with Crippen LogP contribution in [0.25, 0.3) is 0 Å². The molecule has 15 heavy (non-hydrogen) atoms. The third-order valence-corrected chi connectivity index (χ3v) is 4.61. The molecule has 2 N–H and O–H groups in total. The second-order valence-electron chi connectivity index (χ2n) is 4.03. The first-order valence-electron chi connectivity index (χ1n) is 5.36. The van der Waals surface area contributed by atoms with Crippen molar-refractivity contribution in [3.63, 3.8) is 0 Å². The molecule has 6 heteroatoms. The first-order chi connectivity index (χ1) is 6.97. The van der Waals surface area contributed by atoms with Crippen LogP contribution in [0.4, 0.5) is 0 Å². The Hall–Kier alpha value is -0.170. The zero-order valence-corrected chi connectivity index (χ0v) is 10.1. The summed E-state index contributed by atoms with van der Waals surface area (Å²) in [6, 6.07) is 0. The van der Waals surface area contributed by atoms with Crippen molar-refractivity contribution in [2.75, 3.05) is 20.1 Å². The van der Waals surface area contributed by atoms with Crippen LogP contribution in [0.15, 0.2) is 0 Å². The van der Waals surface area contributed by atoms with E-state index in [1.807, 2.05) is 0 Å². The van der Waals surface area contributed by atoms with Gasteiger partial charge in [0.15, 0.2) is 0 Å². The Balaban J connectivity index is 2.42. The lowest BCUT2D eigenvalue weighted by atomic mass is 10.1. The van der Waals surface area contributed by atoms with Crippen molar-refractivity contribution in [1.29, 1.82) is 0 Å². The van der Waals surface area contributed by atoms with Gasteiger partial charge in [0, 0.05) is 20.1 Å². The van der Waals surface area contributed by atoms with Gasteiger partial charge >= 0.3 is 0 Å². The molecule has 5 nitrogen and oxygen atoms in total. The van der Waals surface area contributed by atoms with Gasteiger partial charge in [0.05, 0.1) is 6.10 Å². The molecule has 1 rings (SSSR count). The lowest BCUT2D eigenvalue weighted by Crippen LogP contribution is -2.41. The van der Waals surface area contributed by atoms with Crippen molar-refractivity contribution in [3.05, 3.63) is 0 Å². The minimum atomic E-state index is -3.35. The largest absolute Gasteiger partial charge is 0.393 e. The van der Waals surface area contributed by atoms with Crippen LogP contribution in [-0.4, -0.2) is 44.1 Å². The molecular formula is C9H20N2O3S. The van der Waals surface area contributed by atoms with E-state index in [2.05, 4.69) is 4.72 Å². The summed E-state index contributed by atoms with van der Waals surface area (Å²) in [5, 5.41) is 9.53. The normalized spacial score (nSPS) is 27.5. The number of hydrogen-bond donors (Lipinski definition) is 2. The predicted molar refractivity (Wildman–Crippen MR) is 58.6 cm³/mol. The van der Waals surface area contributed by atoms with Gasteiger partial charge in [-0.15, -0.1) is 0 Å². The number of aliphatic hydroxyl groups is 1. The molecule has 2 atom stereocenters. The van der Waals surface area contributed by atoms with E-state index >= 15 is 0 Å². The fraction of sp³-hybridized carbons (Fsp3) is 1.00. The Morgan fingerprint density at radius 3 is 2.60 bits per heavy atom. The molecule has 0 aromatic carbocycles. The highest BCUT2D eigenvalue weighted by Gasteiger charge is 2.27. The molecule has 0 bridgehead atoms. The Labute approximate surface area is 91.7 Å². The molecule has 1 aliphatic carbocycles. The SMILES string of the molecule is CCN(C)S(=O)(=O)NCC1CCCC1O. The maximum atomic E-state index is 11.6. The van der Waals surface area contributed by atoms with Crippen LogP contribution in [0.1, 0.15) is 26.2 Å². The summed E-state index contributed by atoms with van der Waals surface area (Å²) in [6.45, 7) is 2.57. The van der Waals surface area contributed by atoms with Crippen molar-refractivity contribution >= 4 is 10.2 Å². The molecule has 0 aromatic rings. The second kappa shape index (κ2) is 5.25. The van der Waals surface area contributed by atoms with Gasteiger partial charge < -0.3 is 5.11 Å². The first kappa shape index (κ1) is 12.9. The Kier molecular flexibility index (Phi) is 4.51. The lowest BCUT2D eigenvalue weighted by molar-refractivity contribution is 0.134. The van der Waals surface area contributed by atoms with Crippen molar-refractivity contribution in [3.8, 4) is 0 Å². The maximum Gasteiger partial charge on any atom is 0.279 e. The van der Waals surface area contributed by atoms with E-state index in [1.54, 1.807) is 6.92 Å². The molecule has 0 aliphatic heterocycles. The summed E-state index contributed by atoms with van der Waals surface area (Å²) in [5.74, 6) is 0.0741. The van der Waals surface area contributed by atoms with E-state index < -0.39 is 10.2 Å². The molecule has 0 aromatic heterocycles. The van der Waals surface area contributed by atoms with E-state index in [0.717, 1.165) is 19.3 Å². The molecule has 0 saturated heterocycles. The molecular weight excluding hydrogens is 216 g/mol. The number of aliphatic hydroxyl groups excluding tert-OH is 1. The minimum absolute atomic E-state index is 0.0741. The summed E-state index contributed by atoms with van der Waals surface area (Å²) in [6.07, 6.45) is 2.33. The molecule has 90 valence electrons. The molecule has 1 saturated carbocycles. The van der Waals surface area contributed by atoms with Crippen LogP contribution in [0.3, 0.4) is 0 Å². The zero-order chi connectivity index (χ0) is 11.5. The molecule has 0 heterocycles. The number of rotatable bonds is 5. The fourth-order valence-electron chi connectivity index (χ4n) is 1.75. The minimum Gasteiger partial charge on any atom is -0.393 e. The van der Waals surface area contributed by atoms with Crippen LogP contribution in [0.5, 0.6) is 0 Å². The zero-order valence-electron chi connectivity index (χ0n) is 9.31. The van der Waals surface area contributed by atoms with Crippen molar-refractivity contribution in [1.82, 2.24) is 9.03 Å². The van der Waals surface area contributed by atoms with Gasteiger partial charge in [0.25, 0.3) is 10.2 Å². The van der Waals surface area contributed by atoms with Gasteiger partial charge in [0.2, 0.25) is 0 Å². The maximum absolute atomic E-state index is 11.6. The number of nitrogens with one attached hydrogen (secondary N) is 1. The molecule has 0 amide bonds.